The molecule has 0 bridgehead atoms. The summed E-state index contributed by atoms with van der Waals surface area (Å²) in [5.41, 5.74) is 1.75. The minimum Gasteiger partial charge on any atom is -0.353 e. The van der Waals surface area contributed by atoms with Crippen LogP contribution < -0.4 is 10.6 Å². The van der Waals surface area contributed by atoms with Gasteiger partial charge in [-0.15, -0.1) is 10.2 Å². The molecule has 1 saturated carbocycles. The van der Waals surface area contributed by atoms with Crippen LogP contribution in [0.4, 0.5) is 5.69 Å². The molecule has 152 valence electrons. The Kier molecular flexibility index (Phi) is 5.57. The Hall–Kier alpha value is -2.81. The molecule has 1 atom stereocenters. The number of aromatic nitrogens is 2. The van der Waals surface area contributed by atoms with Gasteiger partial charge in [-0.2, -0.15) is 0 Å². The van der Waals surface area contributed by atoms with Crippen LogP contribution in [0.3, 0.4) is 0 Å². The summed E-state index contributed by atoms with van der Waals surface area (Å²) in [6.45, 7) is 2.92. The molecule has 3 amide bonds. The maximum atomic E-state index is 12.8. The predicted octanol–water partition coefficient (Wildman–Crippen LogP) is 2.23. The maximum Gasteiger partial charge on any atom is 0.286 e. The number of anilines is 1. The van der Waals surface area contributed by atoms with E-state index < -0.39 is 5.91 Å². The highest BCUT2D eigenvalue weighted by molar-refractivity contribution is 7.15. The number of piperidine rings is 1. The van der Waals surface area contributed by atoms with Gasteiger partial charge in [-0.25, -0.2) is 0 Å². The highest BCUT2D eigenvalue weighted by atomic mass is 32.1. The monoisotopic (exact) mass is 413 g/mol. The number of carbonyl (C=O) groups is 3. The van der Waals surface area contributed by atoms with Gasteiger partial charge in [0, 0.05) is 24.8 Å². The second-order valence-corrected chi connectivity index (χ2v) is 8.58. The van der Waals surface area contributed by atoms with Crippen LogP contribution in [0, 0.1) is 12.8 Å². The number of amides is 3. The van der Waals surface area contributed by atoms with E-state index in [1.807, 2.05) is 19.1 Å². The fourth-order valence-electron chi connectivity index (χ4n) is 3.28. The van der Waals surface area contributed by atoms with Gasteiger partial charge in [0.15, 0.2) is 0 Å². The van der Waals surface area contributed by atoms with E-state index in [0.29, 0.717) is 24.8 Å². The van der Waals surface area contributed by atoms with E-state index >= 15 is 0 Å². The van der Waals surface area contributed by atoms with Crippen LogP contribution in [0.25, 0.3) is 0 Å². The van der Waals surface area contributed by atoms with Crippen molar-refractivity contribution in [3.63, 3.8) is 0 Å². The molecule has 2 N–H and O–H groups in total. The molecule has 2 fully saturated rings. The second-order valence-electron chi connectivity index (χ2n) is 7.61. The summed E-state index contributed by atoms with van der Waals surface area (Å²) >= 11 is 0.969. The number of nitrogens with zero attached hydrogens (tertiary/aromatic N) is 3. The lowest BCUT2D eigenvalue weighted by atomic mass is 9.97. The normalized spacial score (nSPS) is 18.9. The highest BCUT2D eigenvalue weighted by Gasteiger charge is 2.33. The zero-order valence-corrected chi connectivity index (χ0v) is 17.0. The standard InChI is InChI=1S/C20H23N5O3S/c1-12-4-6-14(7-5-12)22-17(27)18-23-24-19(29-18)20(28)25-10-2-3-13(11-25)16(26)21-15-8-9-15/h4-7,13,15H,2-3,8-11H2,1H3,(H,21,26)(H,22,27)/t13-/m1/s1. The molecule has 1 aromatic heterocycles. The maximum absolute atomic E-state index is 12.8. The summed E-state index contributed by atoms with van der Waals surface area (Å²) in [5.74, 6) is -0.836. The van der Waals surface area contributed by atoms with E-state index in [9.17, 15) is 14.4 Å². The first kappa shape index (κ1) is 19.5. The van der Waals surface area contributed by atoms with Gasteiger partial charge in [0.2, 0.25) is 15.9 Å². The minimum absolute atomic E-state index is 0.0282. The van der Waals surface area contributed by atoms with E-state index in [-0.39, 0.29) is 27.7 Å². The van der Waals surface area contributed by atoms with Crippen molar-refractivity contribution >= 4 is 34.7 Å². The first-order valence-corrected chi connectivity index (χ1v) is 10.6. The number of nitrogens with one attached hydrogen (secondary N) is 2. The second kappa shape index (κ2) is 8.28. The summed E-state index contributed by atoms with van der Waals surface area (Å²) in [4.78, 5) is 39.1. The third-order valence-corrected chi connectivity index (χ3v) is 6.02. The van der Waals surface area contributed by atoms with Crippen LogP contribution in [-0.4, -0.2) is 52.0 Å². The van der Waals surface area contributed by atoms with E-state index in [1.54, 1.807) is 17.0 Å². The van der Waals surface area contributed by atoms with E-state index in [2.05, 4.69) is 20.8 Å². The lowest BCUT2D eigenvalue weighted by Gasteiger charge is -2.31. The van der Waals surface area contributed by atoms with Crippen molar-refractivity contribution < 1.29 is 14.4 Å². The Labute approximate surface area is 172 Å². The van der Waals surface area contributed by atoms with Gasteiger partial charge in [-0.1, -0.05) is 29.0 Å². The Morgan fingerprint density at radius 1 is 1.07 bits per heavy atom. The van der Waals surface area contributed by atoms with Crippen molar-refractivity contribution in [3.8, 4) is 0 Å². The SMILES string of the molecule is Cc1ccc(NC(=O)c2nnc(C(=O)N3CCC[C@@H](C(=O)NC4CC4)C3)s2)cc1. The summed E-state index contributed by atoms with van der Waals surface area (Å²) in [6, 6.07) is 7.72. The molecule has 4 rings (SSSR count). The molecular weight excluding hydrogens is 390 g/mol. The summed E-state index contributed by atoms with van der Waals surface area (Å²) in [5, 5.41) is 13.9. The van der Waals surface area contributed by atoms with Crippen LogP contribution >= 0.6 is 11.3 Å². The fraction of sp³-hybridized carbons (Fsp3) is 0.450. The quantitative estimate of drug-likeness (QED) is 0.782. The number of hydrogen-bond acceptors (Lipinski definition) is 6. The van der Waals surface area contributed by atoms with Crippen LogP contribution in [-0.2, 0) is 4.79 Å². The molecule has 2 aliphatic rings. The number of carbonyl (C=O) groups excluding carboxylic acids is 3. The molecule has 0 spiro atoms. The van der Waals surface area contributed by atoms with Crippen molar-refractivity contribution in [3.05, 3.63) is 39.8 Å². The zero-order valence-electron chi connectivity index (χ0n) is 16.2. The van der Waals surface area contributed by atoms with E-state index in [0.717, 1.165) is 42.6 Å². The van der Waals surface area contributed by atoms with Crippen LogP contribution in [0.5, 0.6) is 0 Å². The molecule has 1 saturated heterocycles. The Morgan fingerprint density at radius 3 is 2.52 bits per heavy atom. The molecule has 29 heavy (non-hydrogen) atoms. The van der Waals surface area contributed by atoms with Crippen LogP contribution in [0.15, 0.2) is 24.3 Å². The average Bonchev–Trinajstić information content (AvgIpc) is 3.40. The van der Waals surface area contributed by atoms with Gasteiger partial charge in [0.05, 0.1) is 5.92 Å². The number of likely N-dealkylation sites (tertiary alicyclic amines) is 1. The fourth-order valence-corrected chi connectivity index (χ4v) is 3.99. The minimum atomic E-state index is -0.397. The molecule has 9 heteroatoms. The summed E-state index contributed by atoms with van der Waals surface area (Å²) in [7, 11) is 0. The molecule has 1 aromatic carbocycles. The summed E-state index contributed by atoms with van der Waals surface area (Å²) in [6.07, 6.45) is 3.63. The van der Waals surface area contributed by atoms with Crippen LogP contribution in [0.1, 0.15) is 50.9 Å². The average molecular weight is 414 g/mol. The topological polar surface area (TPSA) is 104 Å². The van der Waals surface area contributed by atoms with Gasteiger partial charge in [-0.05, 0) is 44.7 Å². The van der Waals surface area contributed by atoms with Gasteiger partial charge >= 0.3 is 0 Å². The molecule has 1 aliphatic carbocycles. The molecule has 8 nitrogen and oxygen atoms in total. The molecule has 0 radical (unpaired) electrons. The first-order chi connectivity index (χ1) is 14.0. The van der Waals surface area contributed by atoms with Gasteiger partial charge < -0.3 is 15.5 Å². The molecule has 2 heterocycles. The van der Waals surface area contributed by atoms with Crippen molar-refractivity contribution in [2.75, 3.05) is 18.4 Å². The van der Waals surface area contributed by atoms with Crippen molar-refractivity contribution in [2.45, 2.75) is 38.6 Å². The van der Waals surface area contributed by atoms with Crippen molar-refractivity contribution in [1.82, 2.24) is 20.4 Å². The van der Waals surface area contributed by atoms with Crippen molar-refractivity contribution in [1.29, 1.82) is 0 Å². The molecular formula is C20H23N5O3S. The molecule has 0 unspecified atom stereocenters. The Morgan fingerprint density at radius 2 is 1.79 bits per heavy atom. The van der Waals surface area contributed by atoms with Gasteiger partial charge in [0.1, 0.15) is 0 Å². The number of hydrogen-bond donors (Lipinski definition) is 2. The Bertz CT molecular complexity index is 922. The molecule has 2 aromatic rings. The number of aryl methyl sites for hydroxylation is 1. The van der Waals surface area contributed by atoms with E-state index in [4.69, 9.17) is 0 Å². The Balaban J connectivity index is 1.37. The van der Waals surface area contributed by atoms with Crippen molar-refractivity contribution in [2.24, 2.45) is 5.92 Å². The third-order valence-electron chi connectivity index (χ3n) is 5.11. The zero-order chi connectivity index (χ0) is 20.4. The first-order valence-electron chi connectivity index (χ1n) is 9.81. The van der Waals surface area contributed by atoms with Gasteiger partial charge in [-0.3, -0.25) is 14.4 Å². The van der Waals surface area contributed by atoms with Gasteiger partial charge in [0.25, 0.3) is 11.8 Å². The van der Waals surface area contributed by atoms with E-state index in [1.165, 1.54) is 0 Å². The smallest absolute Gasteiger partial charge is 0.286 e. The molecule has 1 aliphatic heterocycles. The third kappa shape index (κ3) is 4.79. The largest absolute Gasteiger partial charge is 0.353 e. The lowest BCUT2D eigenvalue weighted by molar-refractivity contribution is -0.126. The van der Waals surface area contributed by atoms with Crippen LogP contribution in [0.2, 0.25) is 0 Å². The highest BCUT2D eigenvalue weighted by Crippen LogP contribution is 2.24. The summed E-state index contributed by atoms with van der Waals surface area (Å²) < 4.78 is 0. The number of benzene rings is 1. The number of rotatable bonds is 5. The predicted molar refractivity (Wildman–Crippen MR) is 109 cm³/mol. The lowest BCUT2D eigenvalue weighted by Crippen LogP contribution is -2.45.